The van der Waals surface area contributed by atoms with Crippen LogP contribution >= 0.6 is 0 Å². The van der Waals surface area contributed by atoms with Crippen LogP contribution in [0.4, 0.5) is 0 Å². The zero-order chi connectivity index (χ0) is 20.2. The Morgan fingerprint density at radius 1 is 0.893 bits per heavy atom. The molecule has 0 bridgehead atoms. The van der Waals surface area contributed by atoms with E-state index in [9.17, 15) is 4.79 Å². The first-order chi connectivity index (χ1) is 13.7. The van der Waals surface area contributed by atoms with Crippen LogP contribution in [-0.2, 0) is 17.6 Å². The van der Waals surface area contributed by atoms with E-state index in [1.54, 1.807) is 7.11 Å². The van der Waals surface area contributed by atoms with Gasteiger partial charge in [0.15, 0.2) is 11.5 Å². The Hall–Kier alpha value is -2.49. The lowest BCUT2D eigenvalue weighted by Gasteiger charge is -2.21. The van der Waals surface area contributed by atoms with Gasteiger partial charge >= 0.3 is 0 Å². The van der Waals surface area contributed by atoms with Crippen molar-refractivity contribution < 1.29 is 14.3 Å². The van der Waals surface area contributed by atoms with E-state index in [4.69, 9.17) is 9.47 Å². The highest BCUT2D eigenvalue weighted by Crippen LogP contribution is 2.28. The van der Waals surface area contributed by atoms with E-state index in [-0.39, 0.29) is 5.91 Å². The van der Waals surface area contributed by atoms with Crippen molar-refractivity contribution in [3.05, 3.63) is 59.7 Å². The number of carbonyl (C=O) groups excluding carboxylic acids is 1. The van der Waals surface area contributed by atoms with Crippen LogP contribution < -0.4 is 9.47 Å². The normalized spacial score (nSPS) is 10.5. The van der Waals surface area contributed by atoms with E-state index < -0.39 is 0 Å². The topological polar surface area (TPSA) is 38.8 Å². The van der Waals surface area contributed by atoms with Crippen molar-refractivity contribution in [1.82, 2.24) is 4.90 Å². The molecule has 0 aliphatic rings. The maximum atomic E-state index is 12.5. The van der Waals surface area contributed by atoms with Gasteiger partial charge in [-0.25, -0.2) is 0 Å². The highest BCUT2D eigenvalue weighted by Gasteiger charge is 2.13. The molecule has 0 N–H and O–H groups in total. The van der Waals surface area contributed by atoms with Gasteiger partial charge < -0.3 is 14.4 Å². The molecule has 2 aromatic carbocycles. The van der Waals surface area contributed by atoms with Crippen molar-refractivity contribution in [1.29, 1.82) is 0 Å². The molecule has 4 nitrogen and oxygen atoms in total. The highest BCUT2D eigenvalue weighted by atomic mass is 16.5. The van der Waals surface area contributed by atoms with Gasteiger partial charge in [0, 0.05) is 25.9 Å². The summed E-state index contributed by atoms with van der Waals surface area (Å²) in [6, 6.07) is 16.2. The lowest BCUT2D eigenvalue weighted by atomic mass is 10.1. The number of amides is 1. The standard InChI is InChI=1S/C24H33NO3/c1-4-16-25(17-5-2)24(26)14-12-21-11-13-22(27-3)23(19-21)28-18-15-20-9-7-6-8-10-20/h6-11,13,19H,4-5,12,14-18H2,1-3H3. The van der Waals surface area contributed by atoms with Gasteiger partial charge in [-0.3, -0.25) is 4.79 Å². The van der Waals surface area contributed by atoms with Gasteiger partial charge in [0.1, 0.15) is 0 Å². The SMILES string of the molecule is CCCN(CCC)C(=O)CCc1ccc(OC)c(OCCc2ccccc2)c1. The van der Waals surface area contributed by atoms with E-state index in [1.165, 1.54) is 5.56 Å². The van der Waals surface area contributed by atoms with Gasteiger partial charge in [0.2, 0.25) is 5.91 Å². The fourth-order valence-corrected chi connectivity index (χ4v) is 3.22. The third-order valence-corrected chi connectivity index (χ3v) is 4.69. The van der Waals surface area contributed by atoms with E-state index >= 15 is 0 Å². The summed E-state index contributed by atoms with van der Waals surface area (Å²) in [6.45, 7) is 6.48. The van der Waals surface area contributed by atoms with Crippen LogP contribution in [0.5, 0.6) is 11.5 Å². The van der Waals surface area contributed by atoms with Crippen LogP contribution in [-0.4, -0.2) is 37.6 Å². The molecule has 152 valence electrons. The quantitative estimate of drug-likeness (QED) is 0.523. The molecule has 1 amide bonds. The summed E-state index contributed by atoms with van der Waals surface area (Å²) in [5.74, 6) is 1.69. The van der Waals surface area contributed by atoms with Gasteiger partial charge in [0.05, 0.1) is 13.7 Å². The Bertz CT molecular complexity index is 709. The molecular weight excluding hydrogens is 350 g/mol. The van der Waals surface area contributed by atoms with Gasteiger partial charge in [-0.15, -0.1) is 0 Å². The number of nitrogens with zero attached hydrogens (tertiary/aromatic N) is 1. The summed E-state index contributed by atoms with van der Waals surface area (Å²) < 4.78 is 11.4. The molecule has 0 radical (unpaired) electrons. The summed E-state index contributed by atoms with van der Waals surface area (Å²) >= 11 is 0. The Morgan fingerprint density at radius 3 is 2.25 bits per heavy atom. The lowest BCUT2D eigenvalue weighted by molar-refractivity contribution is -0.131. The Labute approximate surface area is 169 Å². The zero-order valence-corrected chi connectivity index (χ0v) is 17.4. The van der Waals surface area contributed by atoms with Crippen molar-refractivity contribution in [2.75, 3.05) is 26.8 Å². The molecule has 2 aromatic rings. The highest BCUT2D eigenvalue weighted by molar-refractivity contribution is 5.76. The van der Waals surface area contributed by atoms with E-state index in [2.05, 4.69) is 26.0 Å². The number of carbonyl (C=O) groups is 1. The third kappa shape index (κ3) is 6.91. The molecule has 4 heteroatoms. The number of benzene rings is 2. The van der Waals surface area contributed by atoms with Crippen molar-refractivity contribution in [2.24, 2.45) is 0 Å². The second-order valence-corrected chi connectivity index (χ2v) is 6.95. The first kappa shape index (κ1) is 21.8. The summed E-state index contributed by atoms with van der Waals surface area (Å²) in [5, 5.41) is 0. The van der Waals surface area contributed by atoms with E-state index in [0.29, 0.717) is 19.4 Å². The Kier molecular flexibility index (Phi) is 9.40. The van der Waals surface area contributed by atoms with Gasteiger partial charge in [-0.05, 0) is 42.5 Å². The maximum Gasteiger partial charge on any atom is 0.222 e. The van der Waals surface area contributed by atoms with Crippen molar-refractivity contribution in [3.63, 3.8) is 0 Å². The third-order valence-electron chi connectivity index (χ3n) is 4.69. The van der Waals surface area contributed by atoms with Crippen LogP contribution in [0, 0.1) is 0 Å². The largest absolute Gasteiger partial charge is 0.493 e. The molecule has 0 fully saturated rings. The molecule has 0 aliphatic heterocycles. The molecule has 0 spiro atoms. The molecule has 0 saturated heterocycles. The number of hydrogen-bond acceptors (Lipinski definition) is 3. The number of methoxy groups -OCH3 is 1. The minimum Gasteiger partial charge on any atom is -0.493 e. The van der Waals surface area contributed by atoms with Crippen LogP contribution in [0.3, 0.4) is 0 Å². The molecule has 0 aromatic heterocycles. The molecular formula is C24H33NO3. The van der Waals surface area contributed by atoms with E-state index in [0.717, 1.165) is 49.4 Å². The molecule has 0 aliphatic carbocycles. The van der Waals surface area contributed by atoms with Crippen LogP contribution in [0.2, 0.25) is 0 Å². The van der Waals surface area contributed by atoms with E-state index in [1.807, 2.05) is 41.3 Å². The average molecular weight is 384 g/mol. The Morgan fingerprint density at radius 2 is 1.61 bits per heavy atom. The number of rotatable bonds is 12. The summed E-state index contributed by atoms with van der Waals surface area (Å²) in [5.41, 5.74) is 2.34. The second-order valence-electron chi connectivity index (χ2n) is 6.95. The average Bonchev–Trinajstić information content (AvgIpc) is 2.73. The molecule has 2 rings (SSSR count). The molecule has 0 atom stereocenters. The van der Waals surface area contributed by atoms with Gasteiger partial charge in [-0.2, -0.15) is 0 Å². The van der Waals surface area contributed by atoms with Crippen molar-refractivity contribution in [2.45, 2.75) is 46.0 Å². The lowest BCUT2D eigenvalue weighted by Crippen LogP contribution is -2.32. The minimum atomic E-state index is 0.228. The number of ether oxygens (including phenoxy) is 2. The molecule has 28 heavy (non-hydrogen) atoms. The van der Waals surface area contributed by atoms with Crippen molar-refractivity contribution in [3.8, 4) is 11.5 Å². The fraction of sp³-hybridized carbons (Fsp3) is 0.458. The van der Waals surface area contributed by atoms with Crippen molar-refractivity contribution >= 4 is 5.91 Å². The maximum absolute atomic E-state index is 12.5. The first-order valence-corrected chi connectivity index (χ1v) is 10.3. The zero-order valence-electron chi connectivity index (χ0n) is 17.4. The number of hydrogen-bond donors (Lipinski definition) is 0. The minimum absolute atomic E-state index is 0.228. The summed E-state index contributed by atoms with van der Waals surface area (Å²) in [4.78, 5) is 14.5. The van der Waals surface area contributed by atoms with Crippen LogP contribution in [0.25, 0.3) is 0 Å². The predicted octanol–water partition coefficient (Wildman–Crippen LogP) is 4.90. The van der Waals surface area contributed by atoms with Gasteiger partial charge in [-0.1, -0.05) is 50.2 Å². The smallest absolute Gasteiger partial charge is 0.222 e. The Balaban J connectivity index is 1.94. The summed E-state index contributed by atoms with van der Waals surface area (Å²) in [6.07, 6.45) is 4.06. The van der Waals surface area contributed by atoms with Crippen LogP contribution in [0.15, 0.2) is 48.5 Å². The summed E-state index contributed by atoms with van der Waals surface area (Å²) in [7, 11) is 1.65. The number of aryl methyl sites for hydroxylation is 1. The molecule has 0 saturated carbocycles. The monoisotopic (exact) mass is 383 g/mol. The molecule has 0 unspecified atom stereocenters. The molecule has 0 heterocycles. The predicted molar refractivity (Wildman–Crippen MR) is 114 cm³/mol. The van der Waals surface area contributed by atoms with Crippen LogP contribution in [0.1, 0.15) is 44.2 Å². The fourth-order valence-electron chi connectivity index (χ4n) is 3.22. The second kappa shape index (κ2) is 12.1. The first-order valence-electron chi connectivity index (χ1n) is 10.3. The van der Waals surface area contributed by atoms with Gasteiger partial charge in [0.25, 0.3) is 0 Å².